The largest absolute Gasteiger partial charge is 0.325 e. The molecule has 2 atom stereocenters. The number of rotatable bonds is 5. The number of hydrogen-bond donors (Lipinski definition) is 2. The highest BCUT2D eigenvalue weighted by Gasteiger charge is 2.56. The molecule has 2 N–H and O–H groups in total. The Hall–Kier alpha value is -2.90. The molecule has 1 aliphatic heterocycles. The van der Waals surface area contributed by atoms with Crippen LogP contribution in [-0.2, 0) is 16.1 Å². The van der Waals surface area contributed by atoms with Gasteiger partial charge in [0.1, 0.15) is 12.1 Å². The molecule has 4 rings (SSSR count). The minimum Gasteiger partial charge on any atom is -0.323 e. The van der Waals surface area contributed by atoms with Crippen molar-refractivity contribution in [1.29, 1.82) is 0 Å². The van der Waals surface area contributed by atoms with Crippen molar-refractivity contribution < 1.29 is 14.4 Å². The van der Waals surface area contributed by atoms with Crippen LogP contribution in [0.1, 0.15) is 53.4 Å². The number of imide groups is 1. The number of amides is 4. The highest BCUT2D eigenvalue weighted by Crippen LogP contribution is 2.46. The first-order valence-electron chi connectivity index (χ1n) is 11.0. The molecule has 1 aromatic heterocycles. The Labute approximate surface area is 182 Å². The van der Waals surface area contributed by atoms with Gasteiger partial charge in [-0.15, -0.1) is 0 Å². The number of carbonyl (C=O) groups is 3. The number of nitrogens with zero attached hydrogens (tertiary/aromatic N) is 3. The van der Waals surface area contributed by atoms with Crippen molar-refractivity contribution >= 4 is 34.8 Å². The number of anilines is 1. The topological polar surface area (TPSA) is 96.3 Å². The first-order chi connectivity index (χ1) is 14.6. The average molecular weight is 426 g/mol. The third-order valence-electron chi connectivity index (χ3n) is 6.28. The highest BCUT2D eigenvalue weighted by atomic mass is 16.2. The van der Waals surface area contributed by atoms with Gasteiger partial charge in [0.15, 0.2) is 0 Å². The van der Waals surface area contributed by atoms with Gasteiger partial charge in [0, 0.05) is 6.54 Å². The number of urea groups is 1. The molecule has 2 aliphatic rings. The van der Waals surface area contributed by atoms with Crippen molar-refractivity contribution in [3.63, 3.8) is 0 Å². The van der Waals surface area contributed by atoms with Crippen LogP contribution in [0.3, 0.4) is 0 Å². The number of hydrogen-bond acceptors (Lipinski definition) is 4. The third-order valence-corrected chi connectivity index (χ3v) is 6.28. The number of nitrogens with one attached hydrogen (secondary N) is 2. The van der Waals surface area contributed by atoms with E-state index in [2.05, 4.69) is 43.3 Å². The summed E-state index contributed by atoms with van der Waals surface area (Å²) in [7, 11) is 0. The predicted octanol–water partition coefficient (Wildman–Crippen LogP) is 3.52. The fourth-order valence-corrected chi connectivity index (χ4v) is 5.58. The molecule has 1 spiro atoms. The zero-order chi connectivity index (χ0) is 22.4. The van der Waals surface area contributed by atoms with Gasteiger partial charge in [-0.05, 0) is 49.1 Å². The summed E-state index contributed by atoms with van der Waals surface area (Å²) in [6.45, 7) is 8.79. The lowest BCUT2D eigenvalue weighted by Crippen LogP contribution is -2.54. The maximum Gasteiger partial charge on any atom is 0.325 e. The Bertz CT molecular complexity index is 1040. The quantitative estimate of drug-likeness (QED) is 0.717. The van der Waals surface area contributed by atoms with Crippen LogP contribution in [0.25, 0.3) is 11.0 Å². The number of para-hydroxylation sites is 2. The van der Waals surface area contributed by atoms with Crippen LogP contribution < -0.4 is 10.6 Å². The van der Waals surface area contributed by atoms with Crippen molar-refractivity contribution in [1.82, 2.24) is 19.8 Å². The maximum absolute atomic E-state index is 13.3. The van der Waals surface area contributed by atoms with Crippen LogP contribution in [0, 0.1) is 11.3 Å². The van der Waals surface area contributed by atoms with Gasteiger partial charge in [0.2, 0.25) is 11.9 Å². The molecule has 1 aromatic carbocycles. The van der Waals surface area contributed by atoms with E-state index in [1.165, 1.54) is 0 Å². The number of aromatic nitrogens is 2. The van der Waals surface area contributed by atoms with Gasteiger partial charge in [-0.3, -0.25) is 19.8 Å². The lowest BCUT2D eigenvalue weighted by atomic mass is 9.64. The first-order valence-corrected chi connectivity index (χ1v) is 11.0. The molecule has 166 valence electrons. The summed E-state index contributed by atoms with van der Waals surface area (Å²) in [5.41, 5.74) is 0.767. The number of benzene rings is 1. The van der Waals surface area contributed by atoms with Gasteiger partial charge >= 0.3 is 6.03 Å². The predicted molar refractivity (Wildman–Crippen MR) is 118 cm³/mol. The first kappa shape index (κ1) is 21.3. The summed E-state index contributed by atoms with van der Waals surface area (Å²) in [4.78, 5) is 44.3. The van der Waals surface area contributed by atoms with Crippen LogP contribution in [0.4, 0.5) is 10.7 Å². The average Bonchev–Trinajstić information content (AvgIpc) is 3.10. The Morgan fingerprint density at radius 3 is 2.71 bits per heavy atom. The van der Waals surface area contributed by atoms with Gasteiger partial charge in [0.25, 0.3) is 5.91 Å². The van der Waals surface area contributed by atoms with Crippen molar-refractivity contribution in [2.45, 2.75) is 65.5 Å². The van der Waals surface area contributed by atoms with Gasteiger partial charge in [-0.2, -0.15) is 0 Å². The van der Waals surface area contributed by atoms with Crippen molar-refractivity contribution in [3.05, 3.63) is 24.3 Å². The molecular formula is C23H31N5O3. The fraction of sp³-hybridized carbons (Fsp3) is 0.565. The van der Waals surface area contributed by atoms with Gasteiger partial charge in [-0.1, -0.05) is 39.8 Å². The molecule has 8 heteroatoms. The second kappa shape index (κ2) is 7.66. The standard InChI is InChI=1S/C23H31N5O3/c1-5-10-27-17-9-7-6-8-16(17)24-20(27)25-18(29)13-28-19(30)23(26-21(28)31)12-15(2)11-22(3,4)14-23/h6-9,15H,5,10-14H2,1-4H3,(H,26,31)(H,24,25,29)/t15-,23-/m0/s1. The zero-order valence-electron chi connectivity index (χ0n) is 18.7. The minimum absolute atomic E-state index is 0.0517. The van der Waals surface area contributed by atoms with Crippen molar-refractivity contribution in [3.8, 4) is 0 Å². The van der Waals surface area contributed by atoms with E-state index >= 15 is 0 Å². The molecule has 0 unspecified atom stereocenters. The normalized spacial score (nSPS) is 25.3. The molecule has 1 saturated carbocycles. The third kappa shape index (κ3) is 3.91. The fourth-order valence-electron chi connectivity index (χ4n) is 5.58. The van der Waals surface area contributed by atoms with Crippen LogP contribution in [-0.4, -0.2) is 44.4 Å². The molecule has 31 heavy (non-hydrogen) atoms. The van der Waals surface area contributed by atoms with Crippen LogP contribution in [0.15, 0.2) is 24.3 Å². The van der Waals surface area contributed by atoms with Crippen LogP contribution >= 0.6 is 0 Å². The second-order valence-electron chi connectivity index (χ2n) is 9.88. The molecule has 2 heterocycles. The molecule has 2 aromatic rings. The van der Waals surface area contributed by atoms with Gasteiger partial charge < -0.3 is 9.88 Å². The maximum atomic E-state index is 13.3. The summed E-state index contributed by atoms with van der Waals surface area (Å²) < 4.78 is 1.95. The lowest BCUT2D eigenvalue weighted by molar-refractivity contribution is -0.136. The van der Waals surface area contributed by atoms with Crippen molar-refractivity contribution in [2.75, 3.05) is 11.9 Å². The summed E-state index contributed by atoms with van der Waals surface area (Å²) >= 11 is 0. The summed E-state index contributed by atoms with van der Waals surface area (Å²) in [6.07, 6.45) is 3.07. The number of fused-ring (bicyclic) bond motifs is 1. The molecule has 1 aliphatic carbocycles. The molecule has 1 saturated heterocycles. The molecule has 0 radical (unpaired) electrons. The smallest absolute Gasteiger partial charge is 0.323 e. The Kier molecular flexibility index (Phi) is 5.27. The molecule has 0 bridgehead atoms. The molecule has 4 amide bonds. The SMILES string of the molecule is CCCn1c(NC(=O)CN2C(=O)N[C@]3(C[C@@H](C)CC(C)(C)C3)C2=O)nc2ccccc21. The number of carbonyl (C=O) groups excluding carboxylic acids is 3. The van der Waals surface area contributed by atoms with Crippen LogP contribution in [0.5, 0.6) is 0 Å². The summed E-state index contributed by atoms with van der Waals surface area (Å²) in [5.74, 6) is 0.0172. The van der Waals surface area contributed by atoms with Crippen molar-refractivity contribution in [2.24, 2.45) is 11.3 Å². The van der Waals surface area contributed by atoms with E-state index in [1.54, 1.807) is 0 Å². The monoisotopic (exact) mass is 425 g/mol. The Morgan fingerprint density at radius 1 is 1.26 bits per heavy atom. The Balaban J connectivity index is 1.52. The van der Waals surface area contributed by atoms with E-state index < -0.39 is 17.5 Å². The van der Waals surface area contributed by atoms with E-state index in [9.17, 15) is 14.4 Å². The molecular weight excluding hydrogens is 394 g/mol. The Morgan fingerprint density at radius 2 is 2.00 bits per heavy atom. The van der Waals surface area contributed by atoms with E-state index in [1.807, 2.05) is 28.8 Å². The molecule has 2 fully saturated rings. The zero-order valence-corrected chi connectivity index (χ0v) is 18.7. The minimum atomic E-state index is -0.909. The van der Waals surface area contributed by atoms with E-state index in [0.29, 0.717) is 31.3 Å². The molecule has 8 nitrogen and oxygen atoms in total. The van der Waals surface area contributed by atoms with Gasteiger partial charge in [0.05, 0.1) is 11.0 Å². The summed E-state index contributed by atoms with van der Waals surface area (Å²) in [6, 6.07) is 7.19. The van der Waals surface area contributed by atoms with E-state index in [4.69, 9.17) is 0 Å². The van der Waals surface area contributed by atoms with E-state index in [-0.39, 0.29) is 17.9 Å². The number of imidazole rings is 1. The summed E-state index contributed by atoms with van der Waals surface area (Å²) in [5, 5.41) is 5.72. The van der Waals surface area contributed by atoms with Crippen LogP contribution in [0.2, 0.25) is 0 Å². The highest BCUT2D eigenvalue weighted by molar-refractivity contribution is 6.10. The number of aryl methyl sites for hydroxylation is 1. The lowest BCUT2D eigenvalue weighted by Gasteiger charge is -2.43. The van der Waals surface area contributed by atoms with E-state index in [0.717, 1.165) is 28.8 Å². The van der Waals surface area contributed by atoms with Gasteiger partial charge in [-0.25, -0.2) is 9.78 Å². The second-order valence-corrected chi connectivity index (χ2v) is 9.88.